The van der Waals surface area contributed by atoms with Crippen molar-refractivity contribution in [2.24, 2.45) is 0 Å². The van der Waals surface area contributed by atoms with E-state index in [0.717, 1.165) is 11.3 Å². The van der Waals surface area contributed by atoms with Crippen molar-refractivity contribution in [2.45, 2.75) is 18.2 Å². The lowest BCUT2D eigenvalue weighted by Crippen LogP contribution is -2.28. The van der Waals surface area contributed by atoms with Crippen LogP contribution in [-0.4, -0.2) is 44.0 Å². The molecule has 2 amide bonds. The van der Waals surface area contributed by atoms with E-state index in [1.807, 2.05) is 31.2 Å². The highest BCUT2D eigenvalue weighted by molar-refractivity contribution is 8.00. The van der Waals surface area contributed by atoms with Crippen molar-refractivity contribution in [3.8, 4) is 0 Å². The van der Waals surface area contributed by atoms with Gasteiger partial charge in [0.25, 0.3) is 0 Å². The Balaban J connectivity index is 1.60. The van der Waals surface area contributed by atoms with Gasteiger partial charge >= 0.3 is 0 Å². The predicted octanol–water partition coefficient (Wildman–Crippen LogP) is 2.65. The Morgan fingerprint density at radius 3 is 2.39 bits per heavy atom. The second kappa shape index (κ2) is 10.9. The average molecular weight is 421 g/mol. The molecule has 2 N–H and O–H groups in total. The Morgan fingerprint density at radius 1 is 0.964 bits per heavy atom. The third-order valence-electron chi connectivity index (χ3n) is 3.78. The fraction of sp³-hybridized carbons (Fsp3) is 0.300. The molecule has 0 atom stereocenters. The van der Waals surface area contributed by atoms with Gasteiger partial charge in [-0.05, 0) is 43.2 Å². The topological polar surface area (TPSA) is 92.3 Å². The highest BCUT2D eigenvalue weighted by Crippen LogP contribution is 2.11. The number of sulfone groups is 1. The summed E-state index contributed by atoms with van der Waals surface area (Å²) >= 11 is 1.21. The van der Waals surface area contributed by atoms with Crippen LogP contribution in [0.3, 0.4) is 0 Å². The van der Waals surface area contributed by atoms with Crippen molar-refractivity contribution in [1.29, 1.82) is 0 Å². The van der Waals surface area contributed by atoms with E-state index >= 15 is 0 Å². The van der Waals surface area contributed by atoms with E-state index in [1.165, 1.54) is 11.8 Å². The minimum atomic E-state index is -3.33. The van der Waals surface area contributed by atoms with Crippen LogP contribution in [-0.2, 0) is 19.4 Å². The van der Waals surface area contributed by atoms with Crippen LogP contribution in [0.15, 0.2) is 59.5 Å². The normalized spacial score (nSPS) is 11.0. The van der Waals surface area contributed by atoms with Crippen LogP contribution >= 0.6 is 11.8 Å². The van der Waals surface area contributed by atoms with Crippen LogP contribution in [0.5, 0.6) is 0 Å². The van der Waals surface area contributed by atoms with Gasteiger partial charge in [-0.2, -0.15) is 0 Å². The molecule has 150 valence electrons. The van der Waals surface area contributed by atoms with E-state index < -0.39 is 9.84 Å². The highest BCUT2D eigenvalue weighted by atomic mass is 32.2. The molecule has 0 saturated heterocycles. The Kier molecular flexibility index (Phi) is 8.53. The first-order valence-electron chi connectivity index (χ1n) is 8.85. The van der Waals surface area contributed by atoms with Crippen molar-refractivity contribution in [1.82, 2.24) is 5.32 Å². The lowest BCUT2D eigenvalue weighted by molar-refractivity contribution is -0.118. The van der Waals surface area contributed by atoms with Crippen molar-refractivity contribution in [3.63, 3.8) is 0 Å². The molecule has 8 heteroatoms. The third kappa shape index (κ3) is 7.74. The molecule has 6 nitrogen and oxygen atoms in total. The molecule has 0 saturated carbocycles. The first-order chi connectivity index (χ1) is 13.4. The summed E-state index contributed by atoms with van der Waals surface area (Å²) in [4.78, 5) is 24.0. The van der Waals surface area contributed by atoms with Gasteiger partial charge in [0.05, 0.1) is 22.2 Å². The van der Waals surface area contributed by atoms with E-state index in [1.54, 1.807) is 30.3 Å². The number of thioether (sulfide) groups is 1. The number of amides is 2. The van der Waals surface area contributed by atoms with Gasteiger partial charge in [-0.15, -0.1) is 11.8 Å². The number of anilines is 1. The summed E-state index contributed by atoms with van der Waals surface area (Å²) in [6, 6.07) is 15.7. The van der Waals surface area contributed by atoms with Crippen LogP contribution in [0, 0.1) is 6.92 Å². The molecule has 0 bridgehead atoms. The summed E-state index contributed by atoms with van der Waals surface area (Å²) in [7, 11) is -3.33. The number of nitrogens with one attached hydrogen (secondary N) is 2. The van der Waals surface area contributed by atoms with Crippen LogP contribution in [0.4, 0.5) is 5.69 Å². The molecule has 0 unspecified atom stereocenters. The average Bonchev–Trinajstić information content (AvgIpc) is 2.66. The zero-order valence-electron chi connectivity index (χ0n) is 15.7. The standard InChI is InChI=1S/C20H24N2O4S2/c1-16-7-5-8-17(13-16)22-20(24)15-27-14-19(23)21-11-6-12-28(25,26)18-9-3-2-4-10-18/h2-5,7-10,13H,6,11-12,14-15H2,1H3,(H,21,23)(H,22,24). The van der Waals surface area contributed by atoms with Crippen molar-refractivity contribution in [2.75, 3.05) is 29.1 Å². The molecule has 0 aliphatic heterocycles. The summed E-state index contributed by atoms with van der Waals surface area (Å²) in [6.07, 6.45) is 0.335. The lowest BCUT2D eigenvalue weighted by Gasteiger charge is -2.07. The number of rotatable bonds is 10. The maximum atomic E-state index is 12.1. The van der Waals surface area contributed by atoms with Crippen LogP contribution in [0.25, 0.3) is 0 Å². The molecule has 2 aromatic rings. The fourth-order valence-corrected chi connectivity index (χ4v) is 4.42. The van der Waals surface area contributed by atoms with Gasteiger partial charge in [-0.25, -0.2) is 8.42 Å². The summed E-state index contributed by atoms with van der Waals surface area (Å²) in [6.45, 7) is 2.22. The number of hydrogen-bond acceptors (Lipinski definition) is 5. The second-order valence-corrected chi connectivity index (χ2v) is 9.34. The number of carbonyl (C=O) groups is 2. The molecule has 2 aromatic carbocycles. The lowest BCUT2D eigenvalue weighted by atomic mass is 10.2. The molecular formula is C20H24N2O4S2. The van der Waals surface area contributed by atoms with Crippen LogP contribution < -0.4 is 10.6 Å². The monoisotopic (exact) mass is 420 g/mol. The summed E-state index contributed by atoms with van der Waals surface area (Å²) < 4.78 is 24.3. The SMILES string of the molecule is Cc1cccc(NC(=O)CSCC(=O)NCCCS(=O)(=O)c2ccccc2)c1. The zero-order chi connectivity index (χ0) is 20.4. The molecule has 0 radical (unpaired) electrons. The number of benzene rings is 2. The van der Waals surface area contributed by atoms with Gasteiger partial charge in [0.15, 0.2) is 9.84 Å². The largest absolute Gasteiger partial charge is 0.355 e. The second-order valence-electron chi connectivity index (χ2n) is 6.25. The van der Waals surface area contributed by atoms with Crippen molar-refractivity contribution < 1.29 is 18.0 Å². The minimum Gasteiger partial charge on any atom is -0.355 e. The first-order valence-corrected chi connectivity index (χ1v) is 11.7. The van der Waals surface area contributed by atoms with Gasteiger partial charge in [-0.3, -0.25) is 9.59 Å². The zero-order valence-corrected chi connectivity index (χ0v) is 17.3. The molecule has 0 aliphatic carbocycles. The van der Waals surface area contributed by atoms with Gasteiger partial charge in [0.1, 0.15) is 0 Å². The van der Waals surface area contributed by atoms with Gasteiger partial charge in [-0.1, -0.05) is 30.3 Å². The quantitative estimate of drug-likeness (QED) is 0.577. The first kappa shape index (κ1) is 22.0. The fourth-order valence-electron chi connectivity index (χ4n) is 2.44. The summed E-state index contributed by atoms with van der Waals surface area (Å²) in [5, 5.41) is 5.46. The molecule has 0 aromatic heterocycles. The Labute approximate surface area is 170 Å². The molecule has 2 rings (SSSR count). The van der Waals surface area contributed by atoms with Gasteiger partial charge in [0, 0.05) is 12.2 Å². The van der Waals surface area contributed by atoms with E-state index in [2.05, 4.69) is 10.6 Å². The predicted molar refractivity (Wildman–Crippen MR) is 113 cm³/mol. The van der Waals surface area contributed by atoms with Crippen LogP contribution in [0.2, 0.25) is 0 Å². The number of aryl methyl sites for hydroxylation is 1. The molecule has 0 heterocycles. The van der Waals surface area contributed by atoms with E-state index in [-0.39, 0.29) is 40.5 Å². The Bertz CT molecular complexity index is 899. The van der Waals surface area contributed by atoms with Crippen molar-refractivity contribution >= 4 is 39.1 Å². The maximum Gasteiger partial charge on any atom is 0.234 e. The Morgan fingerprint density at radius 2 is 1.68 bits per heavy atom. The summed E-state index contributed by atoms with van der Waals surface area (Å²) in [5.41, 5.74) is 1.79. The molecule has 0 spiro atoms. The smallest absolute Gasteiger partial charge is 0.234 e. The third-order valence-corrected chi connectivity index (χ3v) is 6.53. The molecular weight excluding hydrogens is 396 g/mol. The van der Waals surface area contributed by atoms with Gasteiger partial charge < -0.3 is 10.6 Å². The molecule has 0 fully saturated rings. The number of hydrogen-bond donors (Lipinski definition) is 2. The van der Waals surface area contributed by atoms with Crippen molar-refractivity contribution in [3.05, 3.63) is 60.2 Å². The highest BCUT2D eigenvalue weighted by Gasteiger charge is 2.13. The van der Waals surface area contributed by atoms with E-state index in [9.17, 15) is 18.0 Å². The maximum absolute atomic E-state index is 12.1. The Hall–Kier alpha value is -2.32. The minimum absolute atomic E-state index is 0.0245. The van der Waals surface area contributed by atoms with Crippen LogP contribution in [0.1, 0.15) is 12.0 Å². The van der Waals surface area contributed by atoms with E-state index in [0.29, 0.717) is 6.42 Å². The molecule has 28 heavy (non-hydrogen) atoms. The van der Waals surface area contributed by atoms with E-state index in [4.69, 9.17) is 0 Å². The van der Waals surface area contributed by atoms with Gasteiger partial charge in [0.2, 0.25) is 11.8 Å². The molecule has 0 aliphatic rings. The summed E-state index contributed by atoms with van der Waals surface area (Å²) in [5.74, 6) is -0.0949. The number of carbonyl (C=O) groups excluding carboxylic acids is 2.